The van der Waals surface area contributed by atoms with Crippen molar-refractivity contribution in [1.82, 2.24) is 4.90 Å². The third kappa shape index (κ3) is 4.55. The number of hydrogen-bond donors (Lipinski definition) is 1. The molecule has 1 fully saturated rings. The number of benzene rings is 1. The molecule has 0 aliphatic carbocycles. The number of para-hydroxylation sites is 1. The van der Waals surface area contributed by atoms with Gasteiger partial charge in [0.25, 0.3) is 0 Å². The van der Waals surface area contributed by atoms with E-state index in [4.69, 9.17) is 4.74 Å². The molecule has 0 saturated carbocycles. The van der Waals surface area contributed by atoms with Crippen molar-refractivity contribution >= 4 is 5.78 Å². The van der Waals surface area contributed by atoms with Crippen LogP contribution in [-0.2, 0) is 0 Å². The van der Waals surface area contributed by atoms with E-state index in [0.717, 1.165) is 6.54 Å². The number of rotatable bonds is 6. The first-order chi connectivity index (χ1) is 10.1. The van der Waals surface area contributed by atoms with Gasteiger partial charge in [0.15, 0.2) is 5.78 Å². The first-order valence-corrected chi connectivity index (χ1v) is 7.73. The number of carbonyl (C=O) groups excluding carboxylic acids is 1. The number of likely N-dealkylation sites (tertiary alicyclic amines) is 1. The van der Waals surface area contributed by atoms with Crippen LogP contribution in [0.4, 0.5) is 0 Å². The number of carbonyl (C=O) groups is 1. The molecule has 0 unspecified atom stereocenters. The Morgan fingerprint density at radius 3 is 2.90 bits per heavy atom. The van der Waals surface area contributed by atoms with Crippen molar-refractivity contribution in [2.24, 2.45) is 0 Å². The number of aliphatic hydroxyl groups is 1. The lowest BCUT2D eigenvalue weighted by atomic mass is 10.0. The Morgan fingerprint density at radius 1 is 1.43 bits per heavy atom. The monoisotopic (exact) mass is 291 g/mol. The van der Waals surface area contributed by atoms with Crippen molar-refractivity contribution in [3.05, 3.63) is 29.8 Å². The summed E-state index contributed by atoms with van der Waals surface area (Å²) in [6, 6.07) is 7.69. The molecule has 0 radical (unpaired) electrons. The second-order valence-electron chi connectivity index (χ2n) is 5.86. The number of aliphatic hydroxyl groups excluding tert-OH is 1. The van der Waals surface area contributed by atoms with E-state index >= 15 is 0 Å². The summed E-state index contributed by atoms with van der Waals surface area (Å²) in [6.45, 7) is 5.62. The van der Waals surface area contributed by atoms with E-state index in [1.807, 2.05) is 12.1 Å². The molecule has 4 nitrogen and oxygen atoms in total. The van der Waals surface area contributed by atoms with Crippen LogP contribution in [0.2, 0.25) is 0 Å². The Hall–Kier alpha value is -1.39. The molecule has 1 aliphatic heterocycles. The van der Waals surface area contributed by atoms with E-state index in [1.165, 1.54) is 26.2 Å². The van der Waals surface area contributed by atoms with Crippen molar-refractivity contribution in [3.8, 4) is 5.75 Å². The zero-order valence-corrected chi connectivity index (χ0v) is 12.9. The Labute approximate surface area is 126 Å². The lowest BCUT2D eigenvalue weighted by Crippen LogP contribution is -2.43. The molecule has 2 atom stereocenters. The summed E-state index contributed by atoms with van der Waals surface area (Å²) in [7, 11) is 0. The highest BCUT2D eigenvalue weighted by atomic mass is 16.5. The zero-order chi connectivity index (χ0) is 15.2. The molecule has 1 aromatic rings. The van der Waals surface area contributed by atoms with Gasteiger partial charge in [0.1, 0.15) is 18.5 Å². The van der Waals surface area contributed by atoms with Crippen molar-refractivity contribution < 1.29 is 14.6 Å². The molecule has 0 spiro atoms. The van der Waals surface area contributed by atoms with Crippen LogP contribution in [0.15, 0.2) is 24.3 Å². The molecule has 2 rings (SSSR count). The van der Waals surface area contributed by atoms with Crippen LogP contribution in [0.1, 0.15) is 43.5 Å². The second kappa shape index (κ2) is 7.57. The van der Waals surface area contributed by atoms with Gasteiger partial charge in [0, 0.05) is 12.6 Å². The van der Waals surface area contributed by atoms with Crippen LogP contribution in [0.5, 0.6) is 5.75 Å². The number of β-amino-alcohol motifs (C(OH)–C–C–N with tert-alkyl or cyclic N) is 1. The second-order valence-corrected chi connectivity index (χ2v) is 5.86. The average Bonchev–Trinajstić information content (AvgIpc) is 2.48. The highest BCUT2D eigenvalue weighted by molar-refractivity contribution is 5.96. The minimum absolute atomic E-state index is 0.0234. The van der Waals surface area contributed by atoms with Crippen LogP contribution in [0.25, 0.3) is 0 Å². The van der Waals surface area contributed by atoms with Gasteiger partial charge in [-0.25, -0.2) is 0 Å². The van der Waals surface area contributed by atoms with Crippen LogP contribution in [0, 0.1) is 0 Å². The maximum atomic E-state index is 11.5. The summed E-state index contributed by atoms with van der Waals surface area (Å²) in [5.74, 6) is 0.528. The smallest absolute Gasteiger partial charge is 0.163 e. The maximum Gasteiger partial charge on any atom is 0.163 e. The Kier molecular flexibility index (Phi) is 5.76. The number of piperidine rings is 1. The van der Waals surface area contributed by atoms with Crippen LogP contribution >= 0.6 is 0 Å². The molecule has 0 bridgehead atoms. The fourth-order valence-electron chi connectivity index (χ4n) is 2.82. The van der Waals surface area contributed by atoms with Gasteiger partial charge in [-0.3, -0.25) is 9.69 Å². The van der Waals surface area contributed by atoms with E-state index in [9.17, 15) is 9.90 Å². The first-order valence-electron chi connectivity index (χ1n) is 7.73. The minimum atomic E-state index is -0.537. The van der Waals surface area contributed by atoms with E-state index in [0.29, 0.717) is 23.9 Å². The fraction of sp³-hybridized carbons (Fsp3) is 0.588. The molecule has 1 aliphatic rings. The summed E-state index contributed by atoms with van der Waals surface area (Å²) in [5.41, 5.74) is 0.566. The number of nitrogens with zero attached hydrogens (tertiary/aromatic N) is 1. The van der Waals surface area contributed by atoms with Gasteiger partial charge in [-0.05, 0) is 45.4 Å². The van der Waals surface area contributed by atoms with Crippen LogP contribution in [-0.4, -0.2) is 47.6 Å². The van der Waals surface area contributed by atoms with E-state index < -0.39 is 6.10 Å². The largest absolute Gasteiger partial charge is 0.490 e. The zero-order valence-electron chi connectivity index (χ0n) is 12.9. The van der Waals surface area contributed by atoms with Gasteiger partial charge in [0.05, 0.1) is 5.56 Å². The highest BCUT2D eigenvalue weighted by Crippen LogP contribution is 2.19. The van der Waals surface area contributed by atoms with E-state index in [2.05, 4.69) is 11.8 Å². The van der Waals surface area contributed by atoms with Crippen molar-refractivity contribution in [3.63, 3.8) is 0 Å². The first kappa shape index (κ1) is 16.0. The summed E-state index contributed by atoms with van der Waals surface area (Å²) in [4.78, 5) is 13.8. The quantitative estimate of drug-likeness (QED) is 0.818. The van der Waals surface area contributed by atoms with Gasteiger partial charge in [-0.15, -0.1) is 0 Å². The average molecular weight is 291 g/mol. The van der Waals surface area contributed by atoms with Gasteiger partial charge in [-0.2, -0.15) is 0 Å². The summed E-state index contributed by atoms with van der Waals surface area (Å²) in [6.07, 6.45) is 3.13. The summed E-state index contributed by atoms with van der Waals surface area (Å²) in [5, 5.41) is 10.2. The molecule has 0 amide bonds. The maximum absolute atomic E-state index is 11.5. The predicted molar refractivity (Wildman–Crippen MR) is 82.8 cm³/mol. The van der Waals surface area contributed by atoms with E-state index in [1.54, 1.807) is 12.1 Å². The molecule has 1 heterocycles. The topological polar surface area (TPSA) is 49.8 Å². The molecule has 116 valence electrons. The summed E-state index contributed by atoms with van der Waals surface area (Å²) < 4.78 is 5.64. The van der Waals surface area contributed by atoms with Gasteiger partial charge >= 0.3 is 0 Å². The molecular weight excluding hydrogens is 266 g/mol. The fourth-order valence-corrected chi connectivity index (χ4v) is 2.82. The molecule has 1 saturated heterocycles. The molecule has 1 aromatic carbocycles. The predicted octanol–water partition coefficient (Wildman–Crippen LogP) is 2.50. The standard InChI is InChI=1S/C17H25NO3/c1-13-7-5-6-10-18(13)11-15(20)12-21-17-9-4-3-8-16(17)14(2)19/h3-4,8-9,13,15,20H,5-7,10-12H2,1-2H3/t13-,15-/m1/s1. The number of Topliss-reactive ketones (excluding diaryl/α,β-unsaturated/α-hetero) is 1. The number of hydrogen-bond acceptors (Lipinski definition) is 4. The van der Waals surface area contributed by atoms with Crippen molar-refractivity contribution in [2.45, 2.75) is 45.3 Å². The minimum Gasteiger partial charge on any atom is -0.490 e. The van der Waals surface area contributed by atoms with Gasteiger partial charge in [-0.1, -0.05) is 18.6 Å². The SMILES string of the molecule is CC(=O)c1ccccc1OC[C@H](O)CN1CCCC[C@H]1C. The Balaban J connectivity index is 1.86. The van der Waals surface area contributed by atoms with Crippen molar-refractivity contribution in [1.29, 1.82) is 0 Å². The lowest BCUT2D eigenvalue weighted by molar-refractivity contribution is 0.0435. The molecule has 1 N–H and O–H groups in total. The number of ether oxygens (including phenoxy) is 1. The normalized spacial score (nSPS) is 21.0. The summed E-state index contributed by atoms with van der Waals surface area (Å²) >= 11 is 0. The molecule has 4 heteroatoms. The third-order valence-electron chi connectivity index (χ3n) is 4.08. The third-order valence-corrected chi connectivity index (χ3v) is 4.08. The molecule has 21 heavy (non-hydrogen) atoms. The molecule has 0 aromatic heterocycles. The molecular formula is C17H25NO3. The number of ketones is 1. The lowest BCUT2D eigenvalue weighted by Gasteiger charge is -2.34. The highest BCUT2D eigenvalue weighted by Gasteiger charge is 2.21. The van der Waals surface area contributed by atoms with E-state index in [-0.39, 0.29) is 12.4 Å². The van der Waals surface area contributed by atoms with Crippen molar-refractivity contribution in [2.75, 3.05) is 19.7 Å². The van der Waals surface area contributed by atoms with Gasteiger partial charge in [0.2, 0.25) is 0 Å². The van der Waals surface area contributed by atoms with Gasteiger partial charge < -0.3 is 9.84 Å². The van der Waals surface area contributed by atoms with Crippen LogP contribution < -0.4 is 4.74 Å². The Bertz CT molecular complexity index is 475. The Morgan fingerprint density at radius 2 is 2.19 bits per heavy atom. The van der Waals surface area contributed by atoms with Crippen LogP contribution in [0.3, 0.4) is 0 Å².